The molecule has 3 aromatic rings. The number of nitrogens with zero attached hydrogens (tertiary/aromatic N) is 3. The molecule has 0 unspecified atom stereocenters. The zero-order valence-corrected chi connectivity index (χ0v) is 16.4. The lowest BCUT2D eigenvalue weighted by atomic mass is 10.2. The van der Waals surface area contributed by atoms with Gasteiger partial charge in [0.05, 0.1) is 18.0 Å². The van der Waals surface area contributed by atoms with Gasteiger partial charge in [-0.1, -0.05) is 18.2 Å². The number of hydrogen-bond acceptors (Lipinski definition) is 5. The van der Waals surface area contributed by atoms with Crippen molar-refractivity contribution in [3.63, 3.8) is 0 Å². The van der Waals surface area contributed by atoms with E-state index >= 15 is 0 Å². The summed E-state index contributed by atoms with van der Waals surface area (Å²) in [7, 11) is 0. The van der Waals surface area contributed by atoms with Crippen molar-refractivity contribution < 1.29 is 14.3 Å². The van der Waals surface area contributed by atoms with Crippen LogP contribution >= 0.6 is 0 Å². The molecule has 0 aliphatic carbocycles. The van der Waals surface area contributed by atoms with E-state index in [0.717, 1.165) is 11.4 Å². The van der Waals surface area contributed by atoms with Gasteiger partial charge >= 0.3 is 0 Å². The zero-order chi connectivity index (χ0) is 20.6. The lowest BCUT2D eigenvalue weighted by Crippen LogP contribution is -2.35. The number of nitrogens with one attached hydrogen (secondary N) is 2. The fourth-order valence-electron chi connectivity index (χ4n) is 2.67. The van der Waals surface area contributed by atoms with Gasteiger partial charge in [0.25, 0.3) is 11.8 Å². The molecule has 1 heterocycles. The van der Waals surface area contributed by atoms with Gasteiger partial charge in [0.2, 0.25) is 0 Å². The van der Waals surface area contributed by atoms with Gasteiger partial charge in [-0.2, -0.15) is 9.90 Å². The van der Waals surface area contributed by atoms with E-state index in [4.69, 9.17) is 4.74 Å². The largest absolute Gasteiger partial charge is 0.494 e. The predicted octanol–water partition coefficient (Wildman–Crippen LogP) is 2.13. The van der Waals surface area contributed by atoms with E-state index in [1.165, 1.54) is 4.80 Å². The van der Waals surface area contributed by atoms with Crippen LogP contribution < -0.4 is 15.4 Å². The lowest BCUT2D eigenvalue weighted by Gasteiger charge is -2.07. The van der Waals surface area contributed by atoms with Crippen molar-refractivity contribution in [2.45, 2.75) is 13.8 Å². The van der Waals surface area contributed by atoms with Crippen LogP contribution in [0.2, 0.25) is 0 Å². The highest BCUT2D eigenvalue weighted by Gasteiger charge is 2.16. The van der Waals surface area contributed by atoms with Gasteiger partial charge in [-0.05, 0) is 50.2 Å². The Morgan fingerprint density at radius 2 is 1.59 bits per heavy atom. The Hall–Kier alpha value is -3.68. The number of rotatable bonds is 8. The lowest BCUT2D eigenvalue weighted by molar-refractivity contribution is 0.0924. The number of para-hydroxylation sites is 1. The van der Waals surface area contributed by atoms with Crippen LogP contribution in [0.4, 0.5) is 0 Å². The molecule has 8 nitrogen and oxygen atoms in total. The van der Waals surface area contributed by atoms with E-state index in [-0.39, 0.29) is 24.1 Å². The highest BCUT2D eigenvalue weighted by molar-refractivity contribution is 5.94. The molecule has 2 aromatic carbocycles. The van der Waals surface area contributed by atoms with Crippen molar-refractivity contribution in [3.05, 3.63) is 71.5 Å². The van der Waals surface area contributed by atoms with E-state index in [9.17, 15) is 9.59 Å². The second-order valence-electron chi connectivity index (χ2n) is 6.23. The van der Waals surface area contributed by atoms with Crippen molar-refractivity contribution in [3.8, 4) is 11.4 Å². The maximum Gasteiger partial charge on any atom is 0.273 e. The highest BCUT2D eigenvalue weighted by Crippen LogP contribution is 2.12. The van der Waals surface area contributed by atoms with Crippen molar-refractivity contribution in [1.82, 2.24) is 25.6 Å². The smallest absolute Gasteiger partial charge is 0.273 e. The number of amides is 2. The van der Waals surface area contributed by atoms with Gasteiger partial charge in [0.15, 0.2) is 5.69 Å². The molecule has 2 N–H and O–H groups in total. The summed E-state index contributed by atoms with van der Waals surface area (Å²) in [6.07, 6.45) is 0. The van der Waals surface area contributed by atoms with E-state index in [1.807, 2.05) is 37.3 Å². The van der Waals surface area contributed by atoms with Crippen LogP contribution in [-0.4, -0.2) is 46.5 Å². The molecule has 0 aliphatic rings. The van der Waals surface area contributed by atoms with Gasteiger partial charge in [-0.15, -0.1) is 5.10 Å². The summed E-state index contributed by atoms with van der Waals surface area (Å²) in [6.45, 7) is 4.78. The van der Waals surface area contributed by atoms with Crippen LogP contribution in [0.25, 0.3) is 5.69 Å². The number of aryl methyl sites for hydroxylation is 1. The molecule has 0 aliphatic heterocycles. The standard InChI is InChI=1S/C21H23N5O3/c1-3-29-18-11-9-16(10-12-18)20(27)22-13-14-23-21(28)19-15(2)24-26(25-19)17-7-5-4-6-8-17/h4-12H,3,13-14H2,1-2H3,(H,22,27)(H,23,28). The van der Waals surface area contributed by atoms with Gasteiger partial charge < -0.3 is 15.4 Å². The summed E-state index contributed by atoms with van der Waals surface area (Å²) in [5, 5.41) is 14.1. The molecule has 150 valence electrons. The van der Waals surface area contributed by atoms with Gasteiger partial charge in [-0.25, -0.2) is 0 Å². The number of benzene rings is 2. The number of hydrogen-bond donors (Lipinski definition) is 2. The fourth-order valence-corrected chi connectivity index (χ4v) is 2.67. The Balaban J connectivity index is 1.49. The minimum absolute atomic E-state index is 0.214. The topological polar surface area (TPSA) is 98.1 Å². The third-order valence-electron chi connectivity index (χ3n) is 4.11. The van der Waals surface area contributed by atoms with E-state index in [2.05, 4.69) is 20.8 Å². The molecule has 29 heavy (non-hydrogen) atoms. The summed E-state index contributed by atoms with van der Waals surface area (Å²) in [4.78, 5) is 26.0. The van der Waals surface area contributed by atoms with Crippen LogP contribution in [0.3, 0.4) is 0 Å². The van der Waals surface area contributed by atoms with E-state index < -0.39 is 0 Å². The molecule has 0 radical (unpaired) electrons. The molecule has 3 rings (SSSR count). The van der Waals surface area contributed by atoms with Crippen molar-refractivity contribution in [2.24, 2.45) is 0 Å². The minimum Gasteiger partial charge on any atom is -0.494 e. The first-order valence-corrected chi connectivity index (χ1v) is 9.37. The normalized spacial score (nSPS) is 10.4. The predicted molar refractivity (Wildman–Crippen MR) is 108 cm³/mol. The fraction of sp³-hybridized carbons (Fsp3) is 0.238. The van der Waals surface area contributed by atoms with Crippen LogP contribution in [-0.2, 0) is 0 Å². The second kappa shape index (κ2) is 9.50. The molecule has 0 bridgehead atoms. The monoisotopic (exact) mass is 393 g/mol. The maximum atomic E-state index is 12.4. The van der Waals surface area contributed by atoms with Gasteiger partial charge in [0, 0.05) is 18.7 Å². The number of ether oxygens (including phenoxy) is 1. The highest BCUT2D eigenvalue weighted by atomic mass is 16.5. The number of carbonyl (C=O) groups excluding carboxylic acids is 2. The summed E-state index contributed by atoms with van der Waals surface area (Å²) < 4.78 is 5.36. The van der Waals surface area contributed by atoms with Crippen LogP contribution in [0.15, 0.2) is 54.6 Å². The first-order valence-electron chi connectivity index (χ1n) is 9.37. The Kier molecular flexibility index (Phi) is 6.57. The maximum absolute atomic E-state index is 12.4. The van der Waals surface area contributed by atoms with Crippen molar-refractivity contribution >= 4 is 11.8 Å². The van der Waals surface area contributed by atoms with Gasteiger partial charge in [0.1, 0.15) is 5.75 Å². The third-order valence-corrected chi connectivity index (χ3v) is 4.11. The van der Waals surface area contributed by atoms with Crippen LogP contribution in [0.1, 0.15) is 33.5 Å². The average molecular weight is 393 g/mol. The van der Waals surface area contributed by atoms with Crippen molar-refractivity contribution in [1.29, 1.82) is 0 Å². The van der Waals surface area contributed by atoms with E-state index in [0.29, 0.717) is 24.4 Å². The summed E-state index contributed by atoms with van der Waals surface area (Å²) >= 11 is 0. The Labute approximate surface area is 168 Å². The quantitative estimate of drug-likeness (QED) is 0.572. The number of carbonyl (C=O) groups is 2. The van der Waals surface area contributed by atoms with Crippen molar-refractivity contribution in [2.75, 3.05) is 19.7 Å². The summed E-state index contributed by atoms with van der Waals surface area (Å²) in [6, 6.07) is 16.3. The Morgan fingerprint density at radius 1 is 0.931 bits per heavy atom. The molecule has 2 amide bonds. The molecule has 1 aromatic heterocycles. The first kappa shape index (κ1) is 20.1. The molecule has 0 saturated heterocycles. The SMILES string of the molecule is CCOc1ccc(C(=O)NCCNC(=O)c2nn(-c3ccccc3)nc2C)cc1. The second-order valence-corrected chi connectivity index (χ2v) is 6.23. The average Bonchev–Trinajstić information content (AvgIpc) is 3.14. The minimum atomic E-state index is -0.333. The molecule has 8 heteroatoms. The molecule has 0 atom stereocenters. The molecular formula is C21H23N5O3. The number of aromatic nitrogens is 3. The third kappa shape index (κ3) is 5.19. The zero-order valence-electron chi connectivity index (χ0n) is 16.4. The summed E-state index contributed by atoms with van der Waals surface area (Å²) in [5.41, 5.74) is 2.09. The van der Waals surface area contributed by atoms with Gasteiger partial charge in [-0.3, -0.25) is 9.59 Å². The molecular weight excluding hydrogens is 370 g/mol. The van der Waals surface area contributed by atoms with Crippen LogP contribution in [0.5, 0.6) is 5.75 Å². The Bertz CT molecular complexity index is 968. The van der Waals surface area contributed by atoms with Crippen LogP contribution in [0, 0.1) is 6.92 Å². The molecule has 0 fully saturated rings. The summed E-state index contributed by atoms with van der Waals surface area (Å²) in [5.74, 6) is 0.170. The molecule has 0 spiro atoms. The first-order chi connectivity index (χ1) is 14.1. The van der Waals surface area contributed by atoms with E-state index in [1.54, 1.807) is 31.2 Å². The molecule has 0 saturated carbocycles. The Morgan fingerprint density at radius 3 is 2.24 bits per heavy atom.